The fourth-order valence-electron chi connectivity index (χ4n) is 1.77. The van der Waals surface area contributed by atoms with Gasteiger partial charge in [0, 0.05) is 26.7 Å². The SMILES string of the molecule is CCN(Cc1ccccc1)C(=O)CN=C(N)NCCOC. The summed E-state index contributed by atoms with van der Waals surface area (Å²) in [5, 5.41) is 2.88. The van der Waals surface area contributed by atoms with Gasteiger partial charge in [-0.3, -0.25) is 4.79 Å². The largest absolute Gasteiger partial charge is 0.383 e. The van der Waals surface area contributed by atoms with Crippen LogP contribution in [0.1, 0.15) is 12.5 Å². The molecule has 1 aromatic rings. The Kier molecular flexibility index (Phi) is 7.89. The van der Waals surface area contributed by atoms with Gasteiger partial charge in [-0.15, -0.1) is 0 Å². The van der Waals surface area contributed by atoms with E-state index in [1.165, 1.54) is 0 Å². The number of hydrogen-bond acceptors (Lipinski definition) is 3. The lowest BCUT2D eigenvalue weighted by molar-refractivity contribution is -0.130. The maximum atomic E-state index is 12.1. The van der Waals surface area contributed by atoms with Gasteiger partial charge < -0.3 is 20.7 Å². The molecule has 0 saturated carbocycles. The van der Waals surface area contributed by atoms with Crippen LogP contribution in [-0.4, -0.2) is 50.1 Å². The molecule has 0 unspecified atom stereocenters. The van der Waals surface area contributed by atoms with Gasteiger partial charge in [0.2, 0.25) is 5.91 Å². The second-order valence-corrected chi connectivity index (χ2v) is 4.51. The zero-order valence-electron chi connectivity index (χ0n) is 12.7. The molecule has 0 saturated heterocycles. The zero-order valence-corrected chi connectivity index (χ0v) is 12.7. The van der Waals surface area contributed by atoms with Crippen LogP contribution in [0.5, 0.6) is 0 Å². The van der Waals surface area contributed by atoms with E-state index in [0.29, 0.717) is 26.2 Å². The number of guanidine groups is 1. The number of amides is 1. The predicted molar refractivity (Wildman–Crippen MR) is 83.9 cm³/mol. The number of benzene rings is 1. The highest BCUT2D eigenvalue weighted by atomic mass is 16.5. The Bertz CT molecular complexity index is 448. The van der Waals surface area contributed by atoms with Crippen LogP contribution in [0, 0.1) is 0 Å². The Morgan fingerprint density at radius 1 is 1.38 bits per heavy atom. The number of likely N-dealkylation sites (N-methyl/N-ethyl adjacent to an activating group) is 1. The normalized spacial score (nSPS) is 11.2. The van der Waals surface area contributed by atoms with E-state index >= 15 is 0 Å². The zero-order chi connectivity index (χ0) is 15.5. The van der Waals surface area contributed by atoms with Crippen molar-refractivity contribution >= 4 is 11.9 Å². The summed E-state index contributed by atoms with van der Waals surface area (Å²) in [5.41, 5.74) is 6.77. The highest BCUT2D eigenvalue weighted by Crippen LogP contribution is 2.04. The quantitative estimate of drug-likeness (QED) is 0.417. The van der Waals surface area contributed by atoms with Crippen LogP contribution in [0.25, 0.3) is 0 Å². The fourth-order valence-corrected chi connectivity index (χ4v) is 1.77. The van der Waals surface area contributed by atoms with E-state index in [9.17, 15) is 4.79 Å². The van der Waals surface area contributed by atoms with Crippen LogP contribution < -0.4 is 11.1 Å². The minimum Gasteiger partial charge on any atom is -0.383 e. The van der Waals surface area contributed by atoms with Gasteiger partial charge >= 0.3 is 0 Å². The molecule has 0 atom stereocenters. The van der Waals surface area contributed by atoms with Crippen LogP contribution in [0.3, 0.4) is 0 Å². The standard InChI is InChI=1S/C15H24N4O2/c1-3-19(12-13-7-5-4-6-8-13)14(20)11-18-15(16)17-9-10-21-2/h4-8H,3,9-12H2,1-2H3,(H3,16,17,18). The molecule has 0 aliphatic rings. The average molecular weight is 292 g/mol. The molecule has 1 aromatic carbocycles. The first kappa shape index (κ1) is 17.0. The molecule has 3 N–H and O–H groups in total. The minimum absolute atomic E-state index is 0.0437. The van der Waals surface area contributed by atoms with Crippen molar-refractivity contribution in [1.29, 1.82) is 0 Å². The van der Waals surface area contributed by atoms with Gasteiger partial charge in [0.05, 0.1) is 6.61 Å². The first-order valence-electron chi connectivity index (χ1n) is 7.01. The number of aliphatic imine (C=N–C) groups is 1. The molecule has 21 heavy (non-hydrogen) atoms. The molecule has 1 amide bonds. The van der Waals surface area contributed by atoms with Gasteiger partial charge in [-0.1, -0.05) is 30.3 Å². The first-order valence-corrected chi connectivity index (χ1v) is 7.01. The van der Waals surface area contributed by atoms with E-state index < -0.39 is 0 Å². The molecule has 0 fully saturated rings. The van der Waals surface area contributed by atoms with Crippen molar-refractivity contribution in [2.45, 2.75) is 13.5 Å². The van der Waals surface area contributed by atoms with Crippen molar-refractivity contribution in [2.24, 2.45) is 10.7 Å². The van der Waals surface area contributed by atoms with E-state index in [-0.39, 0.29) is 18.4 Å². The second-order valence-electron chi connectivity index (χ2n) is 4.51. The molecular formula is C15H24N4O2. The minimum atomic E-state index is -0.0437. The van der Waals surface area contributed by atoms with Crippen molar-refractivity contribution in [2.75, 3.05) is 33.4 Å². The number of nitrogens with zero attached hydrogens (tertiary/aromatic N) is 2. The van der Waals surface area contributed by atoms with Gasteiger partial charge in [-0.05, 0) is 12.5 Å². The highest BCUT2D eigenvalue weighted by molar-refractivity contribution is 5.84. The molecule has 6 heteroatoms. The monoisotopic (exact) mass is 292 g/mol. The number of hydrogen-bond donors (Lipinski definition) is 2. The van der Waals surface area contributed by atoms with E-state index in [4.69, 9.17) is 10.5 Å². The smallest absolute Gasteiger partial charge is 0.244 e. The predicted octanol–water partition coefficient (Wildman–Crippen LogP) is 0.586. The van der Waals surface area contributed by atoms with E-state index in [1.54, 1.807) is 12.0 Å². The highest BCUT2D eigenvalue weighted by Gasteiger charge is 2.11. The summed E-state index contributed by atoms with van der Waals surface area (Å²) in [4.78, 5) is 17.9. The molecule has 116 valence electrons. The summed E-state index contributed by atoms with van der Waals surface area (Å²) in [6.45, 7) is 4.33. The molecule has 0 aliphatic carbocycles. The third-order valence-electron chi connectivity index (χ3n) is 2.95. The third-order valence-corrected chi connectivity index (χ3v) is 2.95. The number of carbonyl (C=O) groups is 1. The Labute approximate surface area is 126 Å². The Balaban J connectivity index is 2.46. The first-order chi connectivity index (χ1) is 10.2. The average Bonchev–Trinajstić information content (AvgIpc) is 2.51. The number of nitrogens with one attached hydrogen (secondary N) is 1. The topological polar surface area (TPSA) is 80.0 Å². The van der Waals surface area contributed by atoms with E-state index in [1.807, 2.05) is 37.3 Å². The van der Waals surface area contributed by atoms with Crippen molar-refractivity contribution in [3.63, 3.8) is 0 Å². The van der Waals surface area contributed by atoms with Crippen LogP contribution in [0.2, 0.25) is 0 Å². The lowest BCUT2D eigenvalue weighted by atomic mass is 10.2. The second kappa shape index (κ2) is 9.77. The summed E-state index contributed by atoms with van der Waals surface area (Å²) in [5.74, 6) is 0.217. The molecule has 1 rings (SSSR count). The van der Waals surface area contributed by atoms with Crippen molar-refractivity contribution in [3.05, 3.63) is 35.9 Å². The van der Waals surface area contributed by atoms with Gasteiger partial charge in [-0.2, -0.15) is 0 Å². The van der Waals surface area contributed by atoms with Gasteiger partial charge in [0.15, 0.2) is 5.96 Å². The summed E-state index contributed by atoms with van der Waals surface area (Å²) in [6, 6.07) is 9.88. The van der Waals surface area contributed by atoms with Crippen molar-refractivity contribution in [3.8, 4) is 0 Å². The van der Waals surface area contributed by atoms with Crippen LogP contribution in [0.15, 0.2) is 35.3 Å². The molecular weight excluding hydrogens is 268 g/mol. The third kappa shape index (κ3) is 6.76. The summed E-state index contributed by atoms with van der Waals surface area (Å²) >= 11 is 0. The van der Waals surface area contributed by atoms with Crippen LogP contribution >= 0.6 is 0 Å². The maximum absolute atomic E-state index is 12.1. The lowest BCUT2D eigenvalue weighted by Crippen LogP contribution is -2.37. The number of methoxy groups -OCH3 is 1. The molecule has 0 heterocycles. The Morgan fingerprint density at radius 2 is 2.10 bits per heavy atom. The summed E-state index contributed by atoms with van der Waals surface area (Å²) < 4.78 is 4.89. The molecule has 0 radical (unpaired) electrons. The number of rotatable bonds is 8. The molecule has 0 aromatic heterocycles. The summed E-state index contributed by atoms with van der Waals surface area (Å²) in [6.07, 6.45) is 0. The lowest BCUT2D eigenvalue weighted by Gasteiger charge is -2.20. The number of carbonyl (C=O) groups excluding carboxylic acids is 1. The molecule has 0 spiro atoms. The number of nitrogens with two attached hydrogens (primary N) is 1. The maximum Gasteiger partial charge on any atom is 0.244 e. The molecule has 6 nitrogen and oxygen atoms in total. The van der Waals surface area contributed by atoms with Gasteiger partial charge in [0.25, 0.3) is 0 Å². The summed E-state index contributed by atoms with van der Waals surface area (Å²) in [7, 11) is 1.61. The Morgan fingerprint density at radius 3 is 2.71 bits per heavy atom. The van der Waals surface area contributed by atoms with Crippen LogP contribution in [0.4, 0.5) is 0 Å². The molecule has 0 bridgehead atoms. The van der Waals surface area contributed by atoms with Gasteiger partial charge in [0.1, 0.15) is 6.54 Å². The van der Waals surface area contributed by atoms with E-state index in [0.717, 1.165) is 5.56 Å². The Hall–Kier alpha value is -2.08. The van der Waals surface area contributed by atoms with E-state index in [2.05, 4.69) is 10.3 Å². The van der Waals surface area contributed by atoms with Crippen molar-refractivity contribution in [1.82, 2.24) is 10.2 Å². The van der Waals surface area contributed by atoms with Crippen molar-refractivity contribution < 1.29 is 9.53 Å². The molecule has 0 aliphatic heterocycles. The fraction of sp³-hybridized carbons (Fsp3) is 0.467. The van der Waals surface area contributed by atoms with Gasteiger partial charge in [-0.25, -0.2) is 4.99 Å². The van der Waals surface area contributed by atoms with Crippen LogP contribution in [-0.2, 0) is 16.1 Å². The number of ether oxygens (including phenoxy) is 1.